The molecule has 0 saturated carbocycles. The lowest BCUT2D eigenvalue weighted by Crippen LogP contribution is -2.33. The first kappa shape index (κ1) is 18.2. The van der Waals surface area contributed by atoms with Crippen LogP contribution in [-0.4, -0.2) is 31.2 Å². The molecule has 1 atom stereocenters. The summed E-state index contributed by atoms with van der Waals surface area (Å²) >= 11 is 0. The summed E-state index contributed by atoms with van der Waals surface area (Å²) in [6.45, 7) is 2.14. The van der Waals surface area contributed by atoms with Crippen LogP contribution >= 0.6 is 0 Å². The Bertz CT molecular complexity index is 896. The molecule has 1 aliphatic rings. The van der Waals surface area contributed by atoms with Crippen LogP contribution in [0.4, 0.5) is 10.5 Å². The van der Waals surface area contributed by atoms with Crippen LogP contribution in [0.5, 0.6) is 0 Å². The summed E-state index contributed by atoms with van der Waals surface area (Å²) < 4.78 is 5.27. The van der Waals surface area contributed by atoms with Crippen LogP contribution in [0.15, 0.2) is 48.5 Å². The van der Waals surface area contributed by atoms with E-state index in [4.69, 9.17) is 10.00 Å². The number of anilines is 1. The zero-order chi connectivity index (χ0) is 19.2. The molecule has 0 bridgehead atoms. The van der Waals surface area contributed by atoms with Gasteiger partial charge in [-0.3, -0.25) is 9.69 Å². The number of hydrogen-bond donors (Lipinski definition) is 1. The van der Waals surface area contributed by atoms with E-state index in [1.54, 1.807) is 17.0 Å². The van der Waals surface area contributed by atoms with Gasteiger partial charge in [0.2, 0.25) is 5.91 Å². The summed E-state index contributed by atoms with van der Waals surface area (Å²) in [5, 5.41) is 11.5. The number of nitrogens with one attached hydrogen (secondary N) is 1. The van der Waals surface area contributed by atoms with Gasteiger partial charge in [0.25, 0.3) is 0 Å². The summed E-state index contributed by atoms with van der Waals surface area (Å²) in [6, 6.07) is 17.0. The van der Waals surface area contributed by atoms with E-state index in [0.29, 0.717) is 18.7 Å². The molecule has 0 aromatic heterocycles. The number of amides is 2. The van der Waals surface area contributed by atoms with Gasteiger partial charge in [0.1, 0.15) is 6.10 Å². The molecule has 3 rings (SSSR count). The lowest BCUT2D eigenvalue weighted by molar-refractivity contribution is -0.119. The summed E-state index contributed by atoms with van der Waals surface area (Å²) in [4.78, 5) is 24.6. The van der Waals surface area contributed by atoms with Crippen LogP contribution in [0, 0.1) is 11.3 Å². The fraction of sp³-hybridized carbons (Fsp3) is 0.190. The minimum absolute atomic E-state index is 0.150. The molecule has 0 unspecified atom stereocenters. The van der Waals surface area contributed by atoms with Crippen LogP contribution in [0.1, 0.15) is 23.6 Å². The first-order chi connectivity index (χ1) is 13.0. The number of hydrogen-bond acceptors (Lipinski definition) is 4. The molecule has 2 aromatic rings. The monoisotopic (exact) mass is 361 g/mol. The molecule has 27 heavy (non-hydrogen) atoms. The second kappa shape index (κ2) is 8.19. The van der Waals surface area contributed by atoms with Crippen LogP contribution in [0.3, 0.4) is 0 Å². The molecule has 1 saturated heterocycles. The summed E-state index contributed by atoms with van der Waals surface area (Å²) in [7, 11) is 0. The zero-order valence-corrected chi connectivity index (χ0v) is 14.9. The Hall–Kier alpha value is -3.59. The van der Waals surface area contributed by atoms with Gasteiger partial charge in [-0.2, -0.15) is 5.26 Å². The van der Waals surface area contributed by atoms with E-state index in [9.17, 15) is 9.59 Å². The van der Waals surface area contributed by atoms with Gasteiger partial charge in [0.15, 0.2) is 0 Å². The second-order valence-corrected chi connectivity index (χ2v) is 6.21. The molecule has 1 heterocycles. The van der Waals surface area contributed by atoms with Crippen molar-refractivity contribution in [2.75, 3.05) is 18.0 Å². The van der Waals surface area contributed by atoms with Crippen molar-refractivity contribution in [3.05, 3.63) is 65.2 Å². The van der Waals surface area contributed by atoms with Gasteiger partial charge in [-0.15, -0.1) is 0 Å². The maximum Gasteiger partial charge on any atom is 0.414 e. The molecule has 6 heteroatoms. The average Bonchev–Trinajstić information content (AvgIpc) is 3.06. The number of rotatable bonds is 5. The van der Waals surface area contributed by atoms with Crippen molar-refractivity contribution in [1.29, 1.82) is 5.26 Å². The highest BCUT2D eigenvalue weighted by atomic mass is 16.6. The van der Waals surface area contributed by atoms with Gasteiger partial charge >= 0.3 is 6.09 Å². The van der Waals surface area contributed by atoms with Crippen molar-refractivity contribution >= 4 is 29.8 Å². The van der Waals surface area contributed by atoms with E-state index in [2.05, 4.69) is 11.4 Å². The first-order valence-corrected chi connectivity index (χ1v) is 8.56. The van der Waals surface area contributed by atoms with Crippen LogP contribution in [-0.2, 0) is 9.53 Å². The molecule has 1 fully saturated rings. The molecule has 6 nitrogen and oxygen atoms in total. The van der Waals surface area contributed by atoms with Gasteiger partial charge in [0.05, 0.1) is 24.7 Å². The number of ether oxygens (including phenoxy) is 1. The number of nitriles is 1. The smallest absolute Gasteiger partial charge is 0.414 e. The van der Waals surface area contributed by atoms with Gasteiger partial charge in [-0.25, -0.2) is 4.79 Å². The van der Waals surface area contributed by atoms with E-state index < -0.39 is 6.09 Å². The van der Waals surface area contributed by atoms with E-state index in [1.165, 1.54) is 6.92 Å². The highest BCUT2D eigenvalue weighted by Crippen LogP contribution is 2.22. The quantitative estimate of drug-likeness (QED) is 0.829. The predicted octanol–water partition coefficient (Wildman–Crippen LogP) is 3.19. The molecule has 2 aromatic carbocycles. The summed E-state index contributed by atoms with van der Waals surface area (Å²) in [6.07, 6.45) is 3.17. The minimum atomic E-state index is -0.411. The fourth-order valence-corrected chi connectivity index (χ4v) is 2.72. The SMILES string of the molecule is CC(=O)NC[C@H]1CN(c2ccc(/C=C\c3ccc(C#N)cc3)cc2)C(=O)O1. The highest BCUT2D eigenvalue weighted by Gasteiger charge is 2.32. The van der Waals surface area contributed by atoms with E-state index in [1.807, 2.05) is 48.6 Å². The van der Waals surface area contributed by atoms with Crippen molar-refractivity contribution in [2.24, 2.45) is 0 Å². The molecule has 1 N–H and O–H groups in total. The summed E-state index contributed by atoms with van der Waals surface area (Å²) in [5.41, 5.74) is 3.37. The molecule has 0 spiro atoms. The number of nitrogens with zero attached hydrogens (tertiary/aromatic N) is 2. The topological polar surface area (TPSA) is 82.4 Å². The van der Waals surface area contributed by atoms with Crippen molar-refractivity contribution in [2.45, 2.75) is 13.0 Å². The lowest BCUT2D eigenvalue weighted by atomic mass is 10.1. The van der Waals surface area contributed by atoms with Crippen molar-refractivity contribution in [1.82, 2.24) is 5.32 Å². The van der Waals surface area contributed by atoms with E-state index in [-0.39, 0.29) is 12.0 Å². The number of benzene rings is 2. The van der Waals surface area contributed by atoms with Gasteiger partial charge in [0, 0.05) is 12.6 Å². The maximum absolute atomic E-state index is 12.0. The normalized spacial score (nSPS) is 16.2. The van der Waals surface area contributed by atoms with Crippen molar-refractivity contribution < 1.29 is 14.3 Å². The second-order valence-electron chi connectivity index (χ2n) is 6.21. The highest BCUT2D eigenvalue weighted by molar-refractivity contribution is 5.90. The summed E-state index contributed by atoms with van der Waals surface area (Å²) in [5.74, 6) is -0.150. The minimum Gasteiger partial charge on any atom is -0.442 e. The maximum atomic E-state index is 12.0. The molecular weight excluding hydrogens is 342 g/mol. The van der Waals surface area contributed by atoms with Crippen molar-refractivity contribution in [3.63, 3.8) is 0 Å². The van der Waals surface area contributed by atoms with Crippen LogP contribution in [0.2, 0.25) is 0 Å². The standard InChI is InChI=1S/C21H19N3O3/c1-15(25)23-13-20-14-24(21(26)27-20)19-10-8-17(9-11-19)3-2-16-4-6-18(12-22)7-5-16/h2-11,20H,13-14H2,1H3,(H,23,25)/b3-2-/t20-/m0/s1. The number of carbonyl (C=O) groups excluding carboxylic acids is 2. The van der Waals surface area contributed by atoms with E-state index in [0.717, 1.165) is 16.8 Å². The Morgan fingerprint density at radius 1 is 1.19 bits per heavy atom. The largest absolute Gasteiger partial charge is 0.442 e. The molecular formula is C21H19N3O3. The number of cyclic esters (lactones) is 1. The van der Waals surface area contributed by atoms with Crippen LogP contribution in [0.25, 0.3) is 12.2 Å². The van der Waals surface area contributed by atoms with Crippen molar-refractivity contribution in [3.8, 4) is 6.07 Å². The van der Waals surface area contributed by atoms with Gasteiger partial charge in [-0.1, -0.05) is 36.4 Å². The molecule has 0 aliphatic carbocycles. The predicted molar refractivity (Wildman–Crippen MR) is 103 cm³/mol. The van der Waals surface area contributed by atoms with Gasteiger partial charge in [-0.05, 0) is 35.4 Å². The Morgan fingerprint density at radius 3 is 2.33 bits per heavy atom. The third-order valence-corrected chi connectivity index (χ3v) is 4.17. The molecule has 2 amide bonds. The third kappa shape index (κ3) is 4.73. The Labute approximate surface area is 157 Å². The molecule has 136 valence electrons. The Kier molecular flexibility index (Phi) is 5.53. The third-order valence-electron chi connectivity index (χ3n) is 4.17. The van der Waals surface area contributed by atoms with E-state index >= 15 is 0 Å². The Balaban J connectivity index is 1.63. The van der Waals surface area contributed by atoms with Gasteiger partial charge < -0.3 is 10.1 Å². The fourth-order valence-electron chi connectivity index (χ4n) is 2.72. The van der Waals surface area contributed by atoms with Crippen LogP contribution < -0.4 is 10.2 Å². The average molecular weight is 361 g/mol. The first-order valence-electron chi connectivity index (χ1n) is 8.56. The zero-order valence-electron chi connectivity index (χ0n) is 14.9. The molecule has 1 aliphatic heterocycles. The Morgan fingerprint density at radius 2 is 1.78 bits per heavy atom. The molecule has 0 radical (unpaired) electrons. The number of carbonyl (C=O) groups is 2. The lowest BCUT2D eigenvalue weighted by Gasteiger charge is -2.13.